The van der Waals surface area contributed by atoms with Crippen molar-refractivity contribution in [2.75, 3.05) is 19.8 Å². The molecular formula is C10H14ClN3O3. The third-order valence-corrected chi connectivity index (χ3v) is 2.89. The Hall–Kier alpha value is -1.14. The minimum Gasteiger partial charge on any atom is -0.461 e. The summed E-state index contributed by atoms with van der Waals surface area (Å²) >= 11 is 5.85. The standard InChI is InChI=1S/C10H14ClN3O3/c1-2-17-10(15)9-8(5-11)14(13-12-9)7-3-4-16-6-7/h7H,2-6H2,1H3. The molecule has 0 aliphatic carbocycles. The molecule has 0 spiro atoms. The first-order valence-electron chi connectivity index (χ1n) is 5.52. The number of alkyl halides is 1. The van der Waals surface area contributed by atoms with Gasteiger partial charge in [-0.05, 0) is 13.3 Å². The lowest BCUT2D eigenvalue weighted by Gasteiger charge is -2.10. The second-order valence-electron chi connectivity index (χ2n) is 3.70. The van der Waals surface area contributed by atoms with E-state index < -0.39 is 5.97 Å². The van der Waals surface area contributed by atoms with Gasteiger partial charge in [0.25, 0.3) is 0 Å². The van der Waals surface area contributed by atoms with Crippen LogP contribution in [0.25, 0.3) is 0 Å². The maximum atomic E-state index is 11.6. The smallest absolute Gasteiger partial charge is 0.360 e. The Morgan fingerprint density at radius 2 is 2.53 bits per heavy atom. The molecule has 7 heteroatoms. The molecule has 0 N–H and O–H groups in total. The number of esters is 1. The molecule has 0 amide bonds. The predicted molar refractivity (Wildman–Crippen MR) is 60.0 cm³/mol. The summed E-state index contributed by atoms with van der Waals surface area (Å²) in [4.78, 5) is 11.6. The molecule has 0 saturated carbocycles. The summed E-state index contributed by atoms with van der Waals surface area (Å²) in [7, 11) is 0. The number of ether oxygens (including phenoxy) is 2. The van der Waals surface area contributed by atoms with Crippen LogP contribution in [-0.4, -0.2) is 40.8 Å². The third-order valence-electron chi connectivity index (χ3n) is 2.64. The van der Waals surface area contributed by atoms with Crippen LogP contribution < -0.4 is 0 Å². The van der Waals surface area contributed by atoms with Crippen LogP contribution in [0.3, 0.4) is 0 Å². The van der Waals surface area contributed by atoms with E-state index in [1.807, 2.05) is 0 Å². The topological polar surface area (TPSA) is 66.2 Å². The molecule has 2 heterocycles. The molecule has 1 saturated heterocycles. The van der Waals surface area contributed by atoms with E-state index >= 15 is 0 Å². The van der Waals surface area contributed by atoms with E-state index in [0.29, 0.717) is 25.5 Å². The Morgan fingerprint density at radius 1 is 1.71 bits per heavy atom. The van der Waals surface area contributed by atoms with Crippen molar-refractivity contribution >= 4 is 17.6 Å². The van der Waals surface area contributed by atoms with Gasteiger partial charge >= 0.3 is 5.97 Å². The molecule has 1 aliphatic heterocycles. The van der Waals surface area contributed by atoms with Crippen LogP contribution in [0.15, 0.2) is 0 Å². The Morgan fingerprint density at radius 3 is 3.12 bits per heavy atom. The molecule has 17 heavy (non-hydrogen) atoms. The number of halogens is 1. The minimum absolute atomic E-state index is 0.111. The van der Waals surface area contributed by atoms with Gasteiger partial charge in [-0.1, -0.05) is 5.21 Å². The van der Waals surface area contributed by atoms with Crippen molar-refractivity contribution in [2.45, 2.75) is 25.3 Å². The first kappa shape index (κ1) is 12.3. The van der Waals surface area contributed by atoms with E-state index in [1.54, 1.807) is 11.6 Å². The number of hydrogen-bond acceptors (Lipinski definition) is 5. The summed E-state index contributed by atoms with van der Waals surface area (Å²) in [6.07, 6.45) is 0.857. The molecule has 2 rings (SSSR count). The quantitative estimate of drug-likeness (QED) is 0.600. The second kappa shape index (κ2) is 5.46. The lowest BCUT2D eigenvalue weighted by molar-refractivity contribution is 0.0518. The number of nitrogens with zero attached hydrogens (tertiary/aromatic N) is 3. The molecular weight excluding hydrogens is 246 g/mol. The van der Waals surface area contributed by atoms with E-state index in [-0.39, 0.29) is 17.6 Å². The van der Waals surface area contributed by atoms with E-state index in [9.17, 15) is 4.79 Å². The van der Waals surface area contributed by atoms with Crippen LogP contribution in [-0.2, 0) is 15.4 Å². The first-order valence-corrected chi connectivity index (χ1v) is 6.06. The summed E-state index contributed by atoms with van der Waals surface area (Å²) in [5, 5.41) is 7.82. The molecule has 94 valence electrons. The fraction of sp³-hybridized carbons (Fsp3) is 0.700. The van der Waals surface area contributed by atoms with Gasteiger partial charge in [0.05, 0.1) is 30.8 Å². The molecule has 0 bridgehead atoms. The number of hydrogen-bond donors (Lipinski definition) is 0. The monoisotopic (exact) mass is 259 g/mol. The Labute approximate surface area is 104 Å². The highest BCUT2D eigenvalue weighted by molar-refractivity contribution is 6.17. The Kier molecular flexibility index (Phi) is 3.96. The SMILES string of the molecule is CCOC(=O)c1nnn(C2CCOC2)c1CCl. The predicted octanol–water partition coefficient (Wildman–Crippen LogP) is 1.16. The lowest BCUT2D eigenvalue weighted by Crippen LogP contribution is -2.15. The maximum absolute atomic E-state index is 11.6. The molecule has 6 nitrogen and oxygen atoms in total. The number of aromatic nitrogens is 3. The summed E-state index contributed by atoms with van der Waals surface area (Å²) in [6, 6.07) is 0.111. The van der Waals surface area contributed by atoms with Crippen molar-refractivity contribution in [3.05, 3.63) is 11.4 Å². The van der Waals surface area contributed by atoms with Crippen molar-refractivity contribution < 1.29 is 14.3 Å². The van der Waals surface area contributed by atoms with Crippen molar-refractivity contribution in [2.24, 2.45) is 0 Å². The third kappa shape index (κ3) is 2.42. The second-order valence-corrected chi connectivity index (χ2v) is 3.97. The van der Waals surface area contributed by atoms with Gasteiger partial charge in [0.1, 0.15) is 0 Å². The van der Waals surface area contributed by atoms with E-state index in [0.717, 1.165) is 6.42 Å². The molecule has 1 fully saturated rings. The molecule has 1 aromatic rings. The summed E-state index contributed by atoms with van der Waals surface area (Å²) < 4.78 is 11.9. The average Bonchev–Trinajstić information content (AvgIpc) is 2.97. The minimum atomic E-state index is -0.478. The van der Waals surface area contributed by atoms with E-state index in [1.165, 1.54) is 0 Å². The van der Waals surface area contributed by atoms with Crippen LogP contribution in [0.4, 0.5) is 0 Å². The van der Waals surface area contributed by atoms with Crippen LogP contribution in [0.5, 0.6) is 0 Å². The number of carbonyl (C=O) groups excluding carboxylic acids is 1. The first-order chi connectivity index (χ1) is 8.27. The van der Waals surface area contributed by atoms with Gasteiger partial charge in [-0.15, -0.1) is 16.7 Å². The molecule has 1 aromatic heterocycles. The van der Waals surface area contributed by atoms with Gasteiger partial charge in [-0.2, -0.15) is 0 Å². The maximum Gasteiger partial charge on any atom is 0.360 e. The molecule has 1 aliphatic rings. The zero-order valence-corrected chi connectivity index (χ0v) is 10.3. The largest absolute Gasteiger partial charge is 0.461 e. The van der Waals surface area contributed by atoms with Gasteiger partial charge in [0.15, 0.2) is 5.69 Å². The van der Waals surface area contributed by atoms with Gasteiger partial charge in [0.2, 0.25) is 0 Å². The highest BCUT2D eigenvalue weighted by Gasteiger charge is 2.26. The van der Waals surface area contributed by atoms with E-state index in [2.05, 4.69) is 10.3 Å². The number of rotatable bonds is 4. The fourth-order valence-corrected chi connectivity index (χ4v) is 2.05. The molecule has 1 unspecified atom stereocenters. The van der Waals surface area contributed by atoms with Crippen LogP contribution in [0.2, 0.25) is 0 Å². The van der Waals surface area contributed by atoms with Gasteiger partial charge in [-0.3, -0.25) is 0 Å². The van der Waals surface area contributed by atoms with E-state index in [4.69, 9.17) is 21.1 Å². The van der Waals surface area contributed by atoms with Crippen LogP contribution >= 0.6 is 11.6 Å². The Bertz CT molecular complexity index is 402. The summed E-state index contributed by atoms with van der Waals surface area (Å²) in [5.74, 6) is -0.300. The zero-order valence-electron chi connectivity index (χ0n) is 9.56. The number of carbonyl (C=O) groups is 1. The lowest BCUT2D eigenvalue weighted by atomic mass is 10.2. The van der Waals surface area contributed by atoms with Crippen LogP contribution in [0.1, 0.15) is 35.6 Å². The van der Waals surface area contributed by atoms with Crippen molar-refractivity contribution in [1.29, 1.82) is 0 Å². The fourth-order valence-electron chi connectivity index (χ4n) is 1.80. The van der Waals surface area contributed by atoms with Crippen LogP contribution in [0, 0.1) is 0 Å². The summed E-state index contributed by atoms with van der Waals surface area (Å²) in [6.45, 7) is 3.32. The average molecular weight is 260 g/mol. The van der Waals surface area contributed by atoms with Crippen molar-refractivity contribution in [3.8, 4) is 0 Å². The van der Waals surface area contributed by atoms with Crippen molar-refractivity contribution in [3.63, 3.8) is 0 Å². The zero-order chi connectivity index (χ0) is 12.3. The molecule has 0 aromatic carbocycles. The molecule has 0 radical (unpaired) electrons. The normalized spacial score (nSPS) is 19.5. The van der Waals surface area contributed by atoms with Gasteiger partial charge < -0.3 is 9.47 Å². The van der Waals surface area contributed by atoms with Gasteiger partial charge in [0, 0.05) is 6.61 Å². The highest BCUT2D eigenvalue weighted by atomic mass is 35.5. The Balaban J connectivity index is 2.25. The highest BCUT2D eigenvalue weighted by Crippen LogP contribution is 2.22. The van der Waals surface area contributed by atoms with Crippen molar-refractivity contribution in [1.82, 2.24) is 15.0 Å². The van der Waals surface area contributed by atoms with Gasteiger partial charge in [-0.25, -0.2) is 9.48 Å². The summed E-state index contributed by atoms with van der Waals surface area (Å²) in [5.41, 5.74) is 0.800. The molecule has 1 atom stereocenters.